The molecule has 0 fully saturated rings. The molecule has 2 rings (SSSR count). The van der Waals surface area contributed by atoms with Crippen molar-refractivity contribution >= 4 is 38.5 Å². The highest BCUT2D eigenvalue weighted by Gasteiger charge is 2.27. The molecule has 0 heterocycles. The summed E-state index contributed by atoms with van der Waals surface area (Å²) >= 11 is 5.79. The lowest BCUT2D eigenvalue weighted by molar-refractivity contribution is 0.320. The number of hydrogen-bond donors (Lipinski definition) is 0. The van der Waals surface area contributed by atoms with Crippen molar-refractivity contribution in [2.75, 3.05) is 11.1 Å². The molecule has 0 aliphatic heterocycles. The Morgan fingerprint density at radius 2 is 1.62 bits per heavy atom. The molecule has 0 nitrogen and oxygen atoms in total. The van der Waals surface area contributed by atoms with Gasteiger partial charge in [0.15, 0.2) is 0 Å². The molecule has 0 unspecified atom stereocenters. The van der Waals surface area contributed by atoms with E-state index < -0.39 is 0 Å². The number of alkyl halides is 1. The molecule has 21 heavy (non-hydrogen) atoms. The van der Waals surface area contributed by atoms with Crippen LogP contribution in [-0.4, -0.2) is 11.1 Å². The first-order valence-electron chi connectivity index (χ1n) is 7.90. The summed E-state index contributed by atoms with van der Waals surface area (Å²) in [5.74, 6) is 1.21. The number of halogens is 1. The van der Waals surface area contributed by atoms with Crippen LogP contribution in [-0.2, 0) is 0 Å². The number of thioether (sulfide) groups is 1. The molecule has 0 aliphatic rings. The Bertz CT molecular complexity index is 558. The molecule has 0 radical (unpaired) electrons. The number of hydrogen-bond acceptors (Lipinski definition) is 1. The van der Waals surface area contributed by atoms with Crippen molar-refractivity contribution in [3.05, 3.63) is 42.5 Å². The van der Waals surface area contributed by atoms with Crippen molar-refractivity contribution in [3.8, 4) is 0 Å². The SMILES string of the molecule is CCCC(CBr)(CCC)CSc1ccc2ccccc2c1. The average molecular weight is 365 g/mol. The zero-order chi connectivity index (χ0) is 15.1. The van der Waals surface area contributed by atoms with Gasteiger partial charge in [0.05, 0.1) is 0 Å². The van der Waals surface area contributed by atoms with Gasteiger partial charge in [0.25, 0.3) is 0 Å². The van der Waals surface area contributed by atoms with E-state index in [4.69, 9.17) is 0 Å². The first-order valence-corrected chi connectivity index (χ1v) is 10.0. The molecule has 0 amide bonds. The predicted octanol–water partition coefficient (Wildman–Crippen LogP) is 6.91. The topological polar surface area (TPSA) is 0 Å². The highest BCUT2D eigenvalue weighted by molar-refractivity contribution is 9.09. The minimum atomic E-state index is 0.444. The second kappa shape index (κ2) is 8.24. The largest absolute Gasteiger partial charge is 0.126 e. The van der Waals surface area contributed by atoms with Crippen LogP contribution < -0.4 is 0 Å². The Morgan fingerprint density at radius 3 is 2.24 bits per heavy atom. The summed E-state index contributed by atoms with van der Waals surface area (Å²) in [7, 11) is 0. The van der Waals surface area contributed by atoms with Crippen LogP contribution in [0, 0.1) is 5.41 Å². The molecule has 114 valence electrons. The van der Waals surface area contributed by atoms with Crippen molar-refractivity contribution in [2.24, 2.45) is 5.41 Å². The maximum absolute atomic E-state index is 3.78. The van der Waals surface area contributed by atoms with Crippen molar-refractivity contribution in [1.29, 1.82) is 0 Å². The minimum Gasteiger partial charge on any atom is -0.126 e. The zero-order valence-corrected chi connectivity index (χ0v) is 15.5. The van der Waals surface area contributed by atoms with Gasteiger partial charge in [0, 0.05) is 16.0 Å². The summed E-state index contributed by atoms with van der Waals surface area (Å²) in [5, 5.41) is 3.79. The van der Waals surface area contributed by atoms with Crippen LogP contribution in [0.5, 0.6) is 0 Å². The molecule has 0 aromatic heterocycles. The lowest BCUT2D eigenvalue weighted by Crippen LogP contribution is -2.25. The third kappa shape index (κ3) is 4.50. The molecule has 0 saturated heterocycles. The molecule has 0 atom stereocenters. The lowest BCUT2D eigenvalue weighted by Gasteiger charge is -2.31. The van der Waals surface area contributed by atoms with E-state index in [1.807, 2.05) is 11.8 Å². The molecule has 2 aromatic carbocycles. The second-order valence-electron chi connectivity index (χ2n) is 5.93. The van der Waals surface area contributed by atoms with Crippen molar-refractivity contribution in [1.82, 2.24) is 0 Å². The average Bonchev–Trinajstić information content (AvgIpc) is 2.53. The van der Waals surface area contributed by atoms with Gasteiger partial charge in [-0.3, -0.25) is 0 Å². The maximum Gasteiger partial charge on any atom is 0.00959 e. The molecular formula is C19H25BrS. The van der Waals surface area contributed by atoms with Gasteiger partial charge in [-0.05, 0) is 41.2 Å². The summed E-state index contributed by atoms with van der Waals surface area (Å²) in [6.45, 7) is 4.60. The highest BCUT2D eigenvalue weighted by atomic mass is 79.9. The van der Waals surface area contributed by atoms with Crippen LogP contribution in [0.4, 0.5) is 0 Å². The van der Waals surface area contributed by atoms with Crippen molar-refractivity contribution in [3.63, 3.8) is 0 Å². The maximum atomic E-state index is 3.78. The van der Waals surface area contributed by atoms with E-state index in [1.54, 1.807) is 0 Å². The number of fused-ring (bicyclic) bond motifs is 1. The molecule has 0 N–H and O–H groups in total. The summed E-state index contributed by atoms with van der Waals surface area (Å²) in [4.78, 5) is 1.39. The molecule has 0 spiro atoms. The Morgan fingerprint density at radius 1 is 0.952 bits per heavy atom. The van der Waals surface area contributed by atoms with Gasteiger partial charge in [-0.15, -0.1) is 11.8 Å². The van der Waals surface area contributed by atoms with Gasteiger partial charge in [-0.25, -0.2) is 0 Å². The first-order chi connectivity index (χ1) is 10.2. The summed E-state index contributed by atoms with van der Waals surface area (Å²) in [6.07, 6.45) is 5.16. The zero-order valence-electron chi connectivity index (χ0n) is 13.1. The lowest BCUT2D eigenvalue weighted by atomic mass is 9.83. The fourth-order valence-electron chi connectivity index (χ4n) is 3.00. The molecular weight excluding hydrogens is 340 g/mol. The summed E-state index contributed by atoms with van der Waals surface area (Å²) in [6, 6.07) is 15.4. The van der Waals surface area contributed by atoms with E-state index in [9.17, 15) is 0 Å². The Labute approximate surface area is 141 Å². The van der Waals surface area contributed by atoms with Crippen LogP contribution in [0.15, 0.2) is 47.4 Å². The molecule has 0 saturated carbocycles. The number of rotatable bonds is 8. The van der Waals surface area contributed by atoms with E-state index in [1.165, 1.54) is 47.1 Å². The van der Waals surface area contributed by atoms with Crippen LogP contribution >= 0.6 is 27.7 Å². The Hall–Kier alpha value is -0.470. The monoisotopic (exact) mass is 364 g/mol. The minimum absolute atomic E-state index is 0.444. The number of benzene rings is 2. The van der Waals surface area contributed by atoms with Crippen molar-refractivity contribution < 1.29 is 0 Å². The van der Waals surface area contributed by atoms with Gasteiger partial charge in [-0.1, -0.05) is 73.0 Å². The quantitative estimate of drug-likeness (QED) is 0.362. The van der Waals surface area contributed by atoms with Crippen LogP contribution in [0.2, 0.25) is 0 Å². The van der Waals surface area contributed by atoms with Gasteiger partial charge in [0.1, 0.15) is 0 Å². The van der Waals surface area contributed by atoms with Crippen LogP contribution in [0.25, 0.3) is 10.8 Å². The third-order valence-electron chi connectivity index (χ3n) is 4.11. The van der Waals surface area contributed by atoms with Gasteiger partial charge in [0.2, 0.25) is 0 Å². The second-order valence-corrected chi connectivity index (χ2v) is 7.54. The van der Waals surface area contributed by atoms with Gasteiger partial charge in [-0.2, -0.15) is 0 Å². The molecule has 2 aromatic rings. The summed E-state index contributed by atoms with van der Waals surface area (Å²) in [5.41, 5.74) is 0.444. The normalized spacial score (nSPS) is 12.0. The van der Waals surface area contributed by atoms with E-state index >= 15 is 0 Å². The summed E-state index contributed by atoms with van der Waals surface area (Å²) < 4.78 is 0. The fraction of sp³-hybridized carbons (Fsp3) is 0.474. The van der Waals surface area contributed by atoms with E-state index in [0.29, 0.717) is 5.41 Å². The predicted molar refractivity (Wildman–Crippen MR) is 101 cm³/mol. The van der Waals surface area contributed by atoms with E-state index in [2.05, 4.69) is 72.2 Å². The van der Waals surface area contributed by atoms with Crippen molar-refractivity contribution in [2.45, 2.75) is 44.4 Å². The van der Waals surface area contributed by atoms with Crippen LogP contribution in [0.3, 0.4) is 0 Å². The van der Waals surface area contributed by atoms with E-state index in [0.717, 1.165) is 5.33 Å². The fourth-order valence-corrected chi connectivity index (χ4v) is 5.26. The van der Waals surface area contributed by atoms with Gasteiger partial charge >= 0.3 is 0 Å². The Kier molecular flexibility index (Phi) is 6.63. The molecule has 2 heteroatoms. The smallest absolute Gasteiger partial charge is 0.00959 e. The standard InChI is InChI=1S/C19H25BrS/c1-3-11-19(14-20,12-4-2)15-21-18-10-9-16-7-5-6-8-17(16)13-18/h5-10,13H,3-4,11-12,14-15H2,1-2H3. The molecule has 0 aliphatic carbocycles. The molecule has 0 bridgehead atoms. The Balaban J connectivity index is 2.11. The third-order valence-corrected chi connectivity index (χ3v) is 6.64. The highest BCUT2D eigenvalue weighted by Crippen LogP contribution is 2.38. The first kappa shape index (κ1) is 16.9. The van der Waals surface area contributed by atoms with Gasteiger partial charge < -0.3 is 0 Å². The van der Waals surface area contributed by atoms with E-state index in [-0.39, 0.29) is 0 Å². The van der Waals surface area contributed by atoms with Crippen LogP contribution in [0.1, 0.15) is 39.5 Å².